The summed E-state index contributed by atoms with van der Waals surface area (Å²) < 4.78 is 12.4. The minimum atomic E-state index is -3.33. The van der Waals surface area contributed by atoms with Crippen LogP contribution in [-0.4, -0.2) is 28.6 Å². The van der Waals surface area contributed by atoms with E-state index in [0.29, 0.717) is 11.4 Å². The Labute approximate surface area is 123 Å². The van der Waals surface area contributed by atoms with Crippen molar-refractivity contribution in [2.75, 3.05) is 12.3 Å². The van der Waals surface area contributed by atoms with Gasteiger partial charge in [0.05, 0.1) is 23.7 Å². The third-order valence-corrected chi connectivity index (χ3v) is 4.89. The Morgan fingerprint density at radius 2 is 1.14 bits per heavy atom. The summed E-state index contributed by atoms with van der Waals surface area (Å²) in [6.07, 6.45) is 0.105. The molecule has 0 spiro atoms. The number of rotatable bonds is 2. The molecule has 1 aliphatic rings. The second kappa shape index (κ2) is 5.76. The zero-order chi connectivity index (χ0) is 14.7. The molecular weight excluding hydrogens is 283 g/mol. The van der Waals surface area contributed by atoms with Gasteiger partial charge in [-0.2, -0.15) is 10.2 Å². The fourth-order valence-corrected chi connectivity index (χ4v) is 3.81. The van der Waals surface area contributed by atoms with Gasteiger partial charge in [0.25, 0.3) is 0 Å². The highest BCUT2D eigenvalue weighted by Gasteiger charge is 2.27. The Kier molecular flexibility index (Phi) is 3.82. The molecule has 0 unspecified atom stereocenters. The lowest BCUT2D eigenvalue weighted by atomic mass is 10.1. The van der Waals surface area contributed by atoms with Crippen molar-refractivity contribution < 1.29 is 9.46 Å². The molecule has 2 aromatic rings. The summed E-state index contributed by atoms with van der Waals surface area (Å²) >= 11 is 0. The third-order valence-electron chi connectivity index (χ3n) is 3.30. The van der Waals surface area contributed by atoms with E-state index in [1.165, 1.54) is 0 Å². The van der Waals surface area contributed by atoms with Crippen molar-refractivity contribution in [3.05, 3.63) is 71.8 Å². The molecule has 2 aromatic carbocycles. The van der Waals surface area contributed by atoms with Crippen molar-refractivity contribution in [2.45, 2.75) is 0 Å². The molecule has 1 heterocycles. The van der Waals surface area contributed by atoms with Crippen LogP contribution in [0, 0.1) is 0 Å². The summed E-state index contributed by atoms with van der Waals surface area (Å²) in [6, 6.07) is 18.8. The number of nitrogens with zero attached hydrogens (tertiary/aromatic N) is 2. The molecule has 0 aliphatic carbocycles. The van der Waals surface area contributed by atoms with E-state index in [0.717, 1.165) is 11.1 Å². The van der Waals surface area contributed by atoms with E-state index < -0.39 is 7.37 Å². The molecule has 4 nitrogen and oxygen atoms in total. The van der Waals surface area contributed by atoms with Crippen molar-refractivity contribution in [1.82, 2.24) is 0 Å². The Balaban J connectivity index is 2.03. The van der Waals surface area contributed by atoms with E-state index in [4.69, 9.17) is 0 Å². The first-order valence-corrected chi connectivity index (χ1v) is 8.72. The molecule has 5 heteroatoms. The maximum absolute atomic E-state index is 12.4. The fraction of sp³-hybridized carbons (Fsp3) is 0.125. The Bertz CT molecular complexity index is 678. The second-order valence-corrected chi connectivity index (χ2v) is 7.31. The largest absolute Gasteiger partial charge is 0.344 e. The van der Waals surface area contributed by atoms with Gasteiger partial charge < -0.3 is 4.89 Å². The van der Waals surface area contributed by atoms with Crippen molar-refractivity contribution in [3.8, 4) is 0 Å². The van der Waals surface area contributed by atoms with Gasteiger partial charge >= 0.3 is 0 Å². The van der Waals surface area contributed by atoms with E-state index in [2.05, 4.69) is 10.2 Å². The Morgan fingerprint density at radius 3 is 1.52 bits per heavy atom. The molecule has 1 aliphatic heterocycles. The maximum atomic E-state index is 12.4. The van der Waals surface area contributed by atoms with Crippen molar-refractivity contribution in [1.29, 1.82) is 0 Å². The molecule has 0 bridgehead atoms. The third kappa shape index (κ3) is 3.35. The molecule has 3 rings (SSSR count). The van der Waals surface area contributed by atoms with Gasteiger partial charge in [0.15, 0.2) is 0 Å². The van der Waals surface area contributed by atoms with Crippen LogP contribution >= 0.6 is 7.37 Å². The molecule has 0 saturated heterocycles. The van der Waals surface area contributed by atoms with Gasteiger partial charge in [-0.05, 0) is 11.1 Å². The first-order chi connectivity index (χ1) is 10.1. The van der Waals surface area contributed by atoms with Crippen LogP contribution in [0.15, 0.2) is 70.9 Å². The lowest BCUT2D eigenvalue weighted by Crippen LogP contribution is -2.10. The van der Waals surface area contributed by atoms with Gasteiger partial charge in [-0.15, -0.1) is 0 Å². The van der Waals surface area contributed by atoms with Gasteiger partial charge in [0.2, 0.25) is 7.37 Å². The Hall–Kier alpha value is -2.03. The van der Waals surface area contributed by atoms with Gasteiger partial charge in [0, 0.05) is 0 Å². The number of benzene rings is 2. The zero-order valence-corrected chi connectivity index (χ0v) is 12.3. The summed E-state index contributed by atoms with van der Waals surface area (Å²) in [7, 11) is -3.33. The second-order valence-electron chi connectivity index (χ2n) is 4.99. The SMILES string of the molecule is O=P1(O)CC(c2ccccc2)=NN=C(c2ccccc2)C1. The molecule has 0 atom stereocenters. The van der Waals surface area contributed by atoms with Crippen LogP contribution in [0.5, 0.6) is 0 Å². The Morgan fingerprint density at radius 1 is 0.762 bits per heavy atom. The minimum absolute atomic E-state index is 0.0524. The van der Waals surface area contributed by atoms with Crippen LogP contribution < -0.4 is 0 Å². The molecule has 0 saturated carbocycles. The van der Waals surface area contributed by atoms with Crippen LogP contribution in [-0.2, 0) is 4.57 Å². The smallest absolute Gasteiger partial charge is 0.212 e. The van der Waals surface area contributed by atoms with E-state index in [-0.39, 0.29) is 12.3 Å². The molecule has 1 N–H and O–H groups in total. The quantitative estimate of drug-likeness (QED) is 0.866. The monoisotopic (exact) mass is 298 g/mol. The maximum Gasteiger partial charge on any atom is 0.212 e. The lowest BCUT2D eigenvalue weighted by Gasteiger charge is -2.10. The van der Waals surface area contributed by atoms with Crippen LogP contribution in [0.3, 0.4) is 0 Å². The van der Waals surface area contributed by atoms with Crippen LogP contribution in [0.2, 0.25) is 0 Å². The minimum Gasteiger partial charge on any atom is -0.344 e. The predicted octanol–water partition coefficient (Wildman–Crippen LogP) is 3.16. The predicted molar refractivity (Wildman–Crippen MR) is 85.5 cm³/mol. The molecule has 106 valence electrons. The van der Waals surface area contributed by atoms with Crippen LogP contribution in [0.4, 0.5) is 0 Å². The molecular formula is C16H15N2O2P. The van der Waals surface area contributed by atoms with Gasteiger partial charge in [-0.1, -0.05) is 60.7 Å². The summed E-state index contributed by atoms with van der Waals surface area (Å²) in [5, 5.41) is 8.44. The number of hydrogen-bond acceptors (Lipinski definition) is 3. The topological polar surface area (TPSA) is 62.0 Å². The van der Waals surface area contributed by atoms with E-state index in [1.54, 1.807) is 0 Å². The van der Waals surface area contributed by atoms with Crippen molar-refractivity contribution in [3.63, 3.8) is 0 Å². The average Bonchev–Trinajstić information content (AvgIpc) is 2.67. The summed E-state index contributed by atoms with van der Waals surface area (Å²) in [5.74, 6) is 0. The lowest BCUT2D eigenvalue weighted by molar-refractivity contribution is 0.487. The molecule has 0 fully saturated rings. The van der Waals surface area contributed by atoms with Crippen molar-refractivity contribution >= 4 is 18.8 Å². The molecule has 0 radical (unpaired) electrons. The molecule has 21 heavy (non-hydrogen) atoms. The summed E-state index contributed by atoms with van der Waals surface area (Å²) in [6.45, 7) is 0. The molecule has 0 amide bonds. The first-order valence-electron chi connectivity index (χ1n) is 6.69. The van der Waals surface area contributed by atoms with Crippen molar-refractivity contribution in [2.24, 2.45) is 10.2 Å². The normalized spacial score (nSPS) is 17.6. The average molecular weight is 298 g/mol. The zero-order valence-electron chi connectivity index (χ0n) is 11.4. The van der Waals surface area contributed by atoms with Gasteiger partial charge in [-0.3, -0.25) is 4.57 Å². The standard InChI is InChI=1S/C16H15N2O2P/c19-21(20)11-15(13-7-3-1-4-8-13)17-18-16(12-21)14-9-5-2-6-10-14/h1-10H,11-12H2,(H,19,20). The van der Waals surface area contributed by atoms with E-state index in [1.807, 2.05) is 60.7 Å². The highest BCUT2D eigenvalue weighted by molar-refractivity contribution is 7.60. The first kappa shape index (κ1) is 13.9. The van der Waals surface area contributed by atoms with E-state index >= 15 is 0 Å². The summed E-state index contributed by atoms with van der Waals surface area (Å²) in [5.41, 5.74) is 2.80. The molecule has 0 aromatic heterocycles. The highest BCUT2D eigenvalue weighted by Crippen LogP contribution is 2.43. The van der Waals surface area contributed by atoms with Gasteiger partial charge in [-0.25, -0.2) is 0 Å². The summed E-state index contributed by atoms with van der Waals surface area (Å²) in [4.78, 5) is 10.2. The van der Waals surface area contributed by atoms with Crippen LogP contribution in [0.1, 0.15) is 11.1 Å². The van der Waals surface area contributed by atoms with Gasteiger partial charge in [0.1, 0.15) is 0 Å². The fourth-order valence-electron chi connectivity index (χ4n) is 2.27. The number of hydrogen-bond donors (Lipinski definition) is 1. The van der Waals surface area contributed by atoms with E-state index in [9.17, 15) is 9.46 Å². The van der Waals surface area contributed by atoms with Crippen LogP contribution in [0.25, 0.3) is 0 Å². The highest BCUT2D eigenvalue weighted by atomic mass is 31.2.